The van der Waals surface area contributed by atoms with Crippen LogP contribution in [0, 0.1) is 0 Å². The van der Waals surface area contributed by atoms with Gasteiger partial charge in [-0.3, -0.25) is 14.7 Å². The van der Waals surface area contributed by atoms with Crippen molar-refractivity contribution in [1.29, 1.82) is 0 Å². The van der Waals surface area contributed by atoms with E-state index in [-0.39, 0.29) is 5.75 Å². The summed E-state index contributed by atoms with van der Waals surface area (Å²) in [6.45, 7) is 0.357. The first-order chi connectivity index (χ1) is 12.7. The van der Waals surface area contributed by atoms with Crippen LogP contribution in [0.4, 0.5) is 4.79 Å². The smallest absolute Gasteiger partial charge is 0.321 e. The molecule has 3 aromatic rings. The van der Waals surface area contributed by atoms with Crippen LogP contribution in [0.15, 0.2) is 72.1 Å². The number of nitrogens with one attached hydrogen (secondary N) is 2. The summed E-state index contributed by atoms with van der Waals surface area (Å²) >= 11 is 1.21. The van der Waals surface area contributed by atoms with E-state index in [0.29, 0.717) is 11.7 Å². The summed E-state index contributed by atoms with van der Waals surface area (Å²) < 4.78 is 1.79. The third-order valence-corrected chi connectivity index (χ3v) is 4.38. The Labute approximate surface area is 154 Å². The summed E-state index contributed by atoms with van der Waals surface area (Å²) in [6.07, 6.45) is 1.59. The average molecular weight is 367 g/mol. The topological polar surface area (TPSA) is 88.9 Å². The Morgan fingerprint density at radius 2 is 1.69 bits per heavy atom. The fraction of sp³-hybridized carbons (Fsp3) is 0.111. The molecule has 2 N–H and O–H groups in total. The summed E-state index contributed by atoms with van der Waals surface area (Å²) in [5.74, 6) is -0.340. The molecule has 0 unspecified atom stereocenters. The molecule has 1 aromatic heterocycles. The van der Waals surface area contributed by atoms with Gasteiger partial charge >= 0.3 is 6.03 Å². The summed E-state index contributed by atoms with van der Waals surface area (Å²) in [5.41, 5.74) is 1.86. The molecular weight excluding hydrogens is 350 g/mol. The molecule has 26 heavy (non-hydrogen) atoms. The van der Waals surface area contributed by atoms with Gasteiger partial charge in [-0.15, -0.1) is 10.2 Å². The molecular formula is C18H17N5O2S. The minimum absolute atomic E-state index is 0.0598. The summed E-state index contributed by atoms with van der Waals surface area (Å²) in [4.78, 5) is 23.7. The zero-order chi connectivity index (χ0) is 18.2. The molecule has 3 rings (SSSR count). The van der Waals surface area contributed by atoms with Crippen molar-refractivity contribution in [2.45, 2.75) is 11.7 Å². The lowest BCUT2D eigenvalue weighted by atomic mass is 10.2. The van der Waals surface area contributed by atoms with Gasteiger partial charge in [0.05, 0.1) is 5.75 Å². The molecule has 0 aliphatic carbocycles. The van der Waals surface area contributed by atoms with Crippen molar-refractivity contribution >= 4 is 23.7 Å². The monoisotopic (exact) mass is 367 g/mol. The number of imide groups is 1. The zero-order valence-corrected chi connectivity index (χ0v) is 14.6. The second-order valence-electron chi connectivity index (χ2n) is 5.32. The largest absolute Gasteiger partial charge is 0.334 e. The number of hydrogen-bond donors (Lipinski definition) is 2. The maximum Gasteiger partial charge on any atom is 0.321 e. The standard InChI is InChI=1S/C18H17N5O2S/c24-16(21-17(25)19-11-14-7-3-1-4-8-14)12-26-18-22-20-13-23(18)15-9-5-2-6-10-15/h1-10,13H,11-12H2,(H2,19,21,24,25). The van der Waals surface area contributed by atoms with Gasteiger partial charge in [-0.25, -0.2) is 4.79 Å². The van der Waals surface area contributed by atoms with Crippen LogP contribution in [-0.4, -0.2) is 32.5 Å². The summed E-state index contributed by atoms with van der Waals surface area (Å²) in [5, 5.41) is 13.4. The van der Waals surface area contributed by atoms with Crippen LogP contribution in [0.1, 0.15) is 5.56 Å². The number of thioether (sulfide) groups is 1. The average Bonchev–Trinajstić information content (AvgIpc) is 3.15. The zero-order valence-electron chi connectivity index (χ0n) is 13.8. The molecule has 0 spiro atoms. The van der Waals surface area contributed by atoms with E-state index < -0.39 is 11.9 Å². The first-order valence-electron chi connectivity index (χ1n) is 7.92. The van der Waals surface area contributed by atoms with Gasteiger partial charge in [-0.2, -0.15) is 0 Å². The fourth-order valence-electron chi connectivity index (χ4n) is 2.20. The Morgan fingerprint density at radius 3 is 2.42 bits per heavy atom. The first-order valence-corrected chi connectivity index (χ1v) is 8.91. The highest BCUT2D eigenvalue weighted by molar-refractivity contribution is 7.99. The highest BCUT2D eigenvalue weighted by atomic mass is 32.2. The highest BCUT2D eigenvalue weighted by Crippen LogP contribution is 2.18. The normalized spacial score (nSPS) is 10.3. The molecule has 3 amide bonds. The molecule has 7 nitrogen and oxygen atoms in total. The van der Waals surface area contributed by atoms with E-state index in [9.17, 15) is 9.59 Å². The van der Waals surface area contributed by atoms with Crippen molar-refractivity contribution in [3.05, 3.63) is 72.6 Å². The number of hydrogen-bond acceptors (Lipinski definition) is 5. The van der Waals surface area contributed by atoms with Gasteiger partial charge < -0.3 is 5.32 Å². The predicted molar refractivity (Wildman–Crippen MR) is 98.9 cm³/mol. The lowest BCUT2D eigenvalue weighted by molar-refractivity contribution is -0.117. The van der Waals surface area contributed by atoms with E-state index >= 15 is 0 Å². The Morgan fingerprint density at radius 1 is 1.00 bits per heavy atom. The third-order valence-electron chi connectivity index (χ3n) is 3.43. The Bertz CT molecular complexity index is 868. The molecule has 0 aliphatic rings. The molecule has 0 aliphatic heterocycles. The van der Waals surface area contributed by atoms with E-state index in [1.807, 2.05) is 60.7 Å². The van der Waals surface area contributed by atoms with E-state index in [0.717, 1.165) is 11.3 Å². The second kappa shape index (κ2) is 8.82. The number of nitrogens with zero attached hydrogens (tertiary/aromatic N) is 3. The van der Waals surface area contributed by atoms with Gasteiger partial charge in [0.15, 0.2) is 5.16 Å². The number of benzene rings is 2. The van der Waals surface area contributed by atoms with Gasteiger partial charge in [0.1, 0.15) is 6.33 Å². The Balaban J connectivity index is 1.47. The summed E-state index contributed by atoms with van der Waals surface area (Å²) in [7, 11) is 0. The van der Waals surface area contributed by atoms with E-state index in [1.165, 1.54) is 11.8 Å². The van der Waals surface area contributed by atoms with E-state index in [1.54, 1.807) is 10.9 Å². The molecule has 0 saturated heterocycles. The van der Waals surface area contributed by atoms with Crippen molar-refractivity contribution < 1.29 is 9.59 Å². The molecule has 0 bridgehead atoms. The Kier molecular flexibility index (Phi) is 6.00. The molecule has 0 saturated carbocycles. The highest BCUT2D eigenvalue weighted by Gasteiger charge is 2.12. The van der Waals surface area contributed by atoms with Gasteiger partial charge in [0.2, 0.25) is 5.91 Å². The van der Waals surface area contributed by atoms with Crippen LogP contribution in [0.5, 0.6) is 0 Å². The van der Waals surface area contributed by atoms with Crippen LogP contribution in [0.3, 0.4) is 0 Å². The van der Waals surface area contributed by atoms with Crippen LogP contribution < -0.4 is 10.6 Å². The van der Waals surface area contributed by atoms with Crippen LogP contribution in [0.25, 0.3) is 5.69 Å². The third kappa shape index (κ3) is 4.93. The molecule has 2 aromatic carbocycles. The molecule has 8 heteroatoms. The van der Waals surface area contributed by atoms with Crippen molar-refractivity contribution in [3.63, 3.8) is 0 Å². The number of rotatable bonds is 6. The number of aromatic nitrogens is 3. The van der Waals surface area contributed by atoms with Crippen LogP contribution in [0.2, 0.25) is 0 Å². The summed E-state index contributed by atoms with van der Waals surface area (Å²) in [6, 6.07) is 18.5. The molecule has 0 radical (unpaired) electrons. The minimum atomic E-state index is -0.524. The maximum absolute atomic E-state index is 12.0. The van der Waals surface area contributed by atoms with Gasteiger partial charge in [0.25, 0.3) is 0 Å². The van der Waals surface area contributed by atoms with Crippen molar-refractivity contribution in [3.8, 4) is 5.69 Å². The molecule has 0 fully saturated rings. The molecule has 0 atom stereocenters. The molecule has 1 heterocycles. The quantitative estimate of drug-likeness (QED) is 0.653. The lowest BCUT2D eigenvalue weighted by Gasteiger charge is -2.07. The van der Waals surface area contributed by atoms with Gasteiger partial charge in [0, 0.05) is 12.2 Å². The van der Waals surface area contributed by atoms with Crippen molar-refractivity contribution in [1.82, 2.24) is 25.4 Å². The van der Waals surface area contributed by atoms with Crippen LogP contribution in [-0.2, 0) is 11.3 Å². The predicted octanol–water partition coefficient (Wildman–Crippen LogP) is 2.39. The number of urea groups is 1. The van der Waals surface area contributed by atoms with Gasteiger partial charge in [-0.05, 0) is 17.7 Å². The lowest BCUT2D eigenvalue weighted by Crippen LogP contribution is -2.39. The van der Waals surface area contributed by atoms with Crippen molar-refractivity contribution in [2.75, 3.05) is 5.75 Å². The number of para-hydroxylation sites is 1. The van der Waals surface area contributed by atoms with Gasteiger partial charge in [-0.1, -0.05) is 60.3 Å². The SMILES string of the molecule is O=C(CSc1nncn1-c1ccccc1)NC(=O)NCc1ccccc1. The first kappa shape index (κ1) is 17.7. The second-order valence-corrected chi connectivity index (χ2v) is 6.27. The van der Waals surface area contributed by atoms with E-state index in [4.69, 9.17) is 0 Å². The fourth-order valence-corrected chi connectivity index (χ4v) is 2.93. The minimum Gasteiger partial charge on any atom is -0.334 e. The Hall–Kier alpha value is -3.13. The number of carbonyl (C=O) groups is 2. The van der Waals surface area contributed by atoms with Crippen molar-refractivity contribution in [2.24, 2.45) is 0 Å². The number of carbonyl (C=O) groups excluding carboxylic acids is 2. The van der Waals surface area contributed by atoms with E-state index in [2.05, 4.69) is 20.8 Å². The molecule has 132 valence electrons. The van der Waals surface area contributed by atoms with Crippen LogP contribution >= 0.6 is 11.8 Å². The maximum atomic E-state index is 12.0. The number of amides is 3.